The fraction of sp³-hybridized carbons (Fsp3) is 0.133. The van der Waals surface area contributed by atoms with Gasteiger partial charge < -0.3 is 4.74 Å². The summed E-state index contributed by atoms with van der Waals surface area (Å²) >= 11 is 3.03. The van der Waals surface area contributed by atoms with Crippen molar-refractivity contribution in [2.75, 3.05) is 7.11 Å². The van der Waals surface area contributed by atoms with Crippen molar-refractivity contribution in [3.63, 3.8) is 0 Å². The molecule has 0 aliphatic carbocycles. The van der Waals surface area contributed by atoms with Gasteiger partial charge in [-0.1, -0.05) is 12.1 Å². The number of methoxy groups -OCH3 is 1. The number of rotatable bonds is 5. The molecule has 24 heavy (non-hydrogen) atoms. The molecule has 3 heterocycles. The van der Waals surface area contributed by atoms with E-state index < -0.39 is 0 Å². The third-order valence-corrected chi connectivity index (χ3v) is 5.22. The summed E-state index contributed by atoms with van der Waals surface area (Å²) in [4.78, 5) is 9.58. The molecule has 0 bridgehead atoms. The molecule has 4 aromatic rings. The van der Waals surface area contributed by atoms with Crippen LogP contribution in [0, 0.1) is 0 Å². The Bertz CT molecular complexity index is 965. The summed E-state index contributed by atoms with van der Waals surface area (Å²) in [6.07, 6.45) is 1.57. The topological polar surface area (TPSA) is 78.6 Å². The summed E-state index contributed by atoms with van der Waals surface area (Å²) in [6.45, 7) is 0.581. The number of fused-ring (bicyclic) bond motifs is 1. The normalized spacial score (nSPS) is 11.0. The Balaban J connectivity index is 1.59. The Hall–Kier alpha value is -2.52. The van der Waals surface area contributed by atoms with Crippen LogP contribution < -0.4 is 4.74 Å². The lowest BCUT2D eigenvalue weighted by molar-refractivity contribution is 0.414. The van der Waals surface area contributed by atoms with Gasteiger partial charge in [-0.15, -0.1) is 16.4 Å². The van der Waals surface area contributed by atoms with Gasteiger partial charge in [0.2, 0.25) is 5.16 Å². The predicted octanol–water partition coefficient (Wildman–Crippen LogP) is 2.89. The summed E-state index contributed by atoms with van der Waals surface area (Å²) in [5.74, 6) is 0.825. The molecule has 0 fully saturated rings. The number of hydrogen-bond donors (Lipinski definition) is 0. The molecule has 0 aliphatic heterocycles. The van der Waals surface area contributed by atoms with Crippen molar-refractivity contribution in [1.29, 1.82) is 0 Å². The maximum atomic E-state index is 5.18. The minimum absolute atomic E-state index is 0.581. The molecule has 0 unspecified atom stereocenters. The van der Waals surface area contributed by atoms with Gasteiger partial charge in [0.05, 0.1) is 13.7 Å². The van der Waals surface area contributed by atoms with Gasteiger partial charge in [-0.3, -0.25) is 0 Å². The summed E-state index contributed by atoms with van der Waals surface area (Å²) in [5.41, 5.74) is 1.09. The smallest absolute Gasteiger partial charge is 0.215 e. The van der Waals surface area contributed by atoms with Crippen molar-refractivity contribution < 1.29 is 4.74 Å². The van der Waals surface area contributed by atoms with Crippen LogP contribution in [-0.4, -0.2) is 37.3 Å². The van der Waals surface area contributed by atoms with Gasteiger partial charge in [0.1, 0.15) is 21.9 Å². The van der Waals surface area contributed by atoms with Crippen molar-refractivity contribution in [2.24, 2.45) is 0 Å². The first-order chi connectivity index (χ1) is 11.8. The second kappa shape index (κ2) is 6.54. The highest BCUT2D eigenvalue weighted by Crippen LogP contribution is 2.31. The van der Waals surface area contributed by atoms with Crippen LogP contribution in [0.15, 0.2) is 52.2 Å². The molecular formula is C15H12N6OS2. The molecule has 0 amide bonds. The first-order valence-corrected chi connectivity index (χ1v) is 8.78. The summed E-state index contributed by atoms with van der Waals surface area (Å²) in [5, 5.41) is 16.6. The lowest BCUT2D eigenvalue weighted by Gasteiger charge is -2.06. The van der Waals surface area contributed by atoms with E-state index in [-0.39, 0.29) is 0 Å². The number of aromatic nitrogens is 6. The number of tetrazole rings is 1. The van der Waals surface area contributed by atoms with E-state index in [2.05, 4.69) is 25.5 Å². The molecule has 0 N–H and O–H groups in total. The fourth-order valence-electron chi connectivity index (χ4n) is 2.21. The second-order valence-corrected chi connectivity index (χ2v) is 6.74. The third-order valence-electron chi connectivity index (χ3n) is 3.40. The molecule has 0 saturated heterocycles. The SMILES string of the molecule is COc1ccc(Cn2nnnc2Sc2ncnc3sccc23)cc1. The molecule has 0 atom stereocenters. The maximum absolute atomic E-state index is 5.18. The maximum Gasteiger partial charge on any atom is 0.215 e. The first kappa shape index (κ1) is 15.0. The van der Waals surface area contributed by atoms with Crippen LogP contribution in [0.2, 0.25) is 0 Å². The van der Waals surface area contributed by atoms with Crippen molar-refractivity contribution in [2.45, 2.75) is 16.7 Å². The summed E-state index contributed by atoms with van der Waals surface area (Å²) < 4.78 is 6.93. The average Bonchev–Trinajstić information content (AvgIpc) is 3.26. The largest absolute Gasteiger partial charge is 0.497 e. The van der Waals surface area contributed by atoms with Crippen molar-refractivity contribution in [1.82, 2.24) is 30.2 Å². The Morgan fingerprint density at radius 1 is 1.17 bits per heavy atom. The van der Waals surface area contributed by atoms with E-state index in [9.17, 15) is 0 Å². The third kappa shape index (κ3) is 2.95. The monoisotopic (exact) mass is 356 g/mol. The molecule has 120 valence electrons. The lowest BCUT2D eigenvalue weighted by atomic mass is 10.2. The Labute approximate surface area is 145 Å². The van der Waals surface area contributed by atoms with E-state index >= 15 is 0 Å². The van der Waals surface area contributed by atoms with Crippen LogP contribution in [0.5, 0.6) is 5.75 Å². The Morgan fingerprint density at radius 3 is 2.88 bits per heavy atom. The van der Waals surface area contributed by atoms with Crippen LogP contribution in [-0.2, 0) is 6.54 Å². The van der Waals surface area contributed by atoms with Crippen molar-refractivity contribution >= 4 is 33.3 Å². The molecule has 1 aromatic carbocycles. The quantitative estimate of drug-likeness (QED) is 0.509. The minimum Gasteiger partial charge on any atom is -0.497 e. The van der Waals surface area contributed by atoms with Crippen molar-refractivity contribution in [3.8, 4) is 5.75 Å². The van der Waals surface area contributed by atoms with Gasteiger partial charge in [-0.2, -0.15) is 0 Å². The van der Waals surface area contributed by atoms with Crippen LogP contribution in [0.3, 0.4) is 0 Å². The number of ether oxygens (including phenoxy) is 1. The highest BCUT2D eigenvalue weighted by atomic mass is 32.2. The van der Waals surface area contributed by atoms with Gasteiger partial charge in [0.25, 0.3) is 0 Å². The highest BCUT2D eigenvalue weighted by Gasteiger charge is 2.13. The van der Waals surface area contributed by atoms with Crippen LogP contribution in [0.1, 0.15) is 5.56 Å². The average molecular weight is 356 g/mol. The minimum atomic E-state index is 0.581. The number of nitrogens with zero attached hydrogens (tertiary/aromatic N) is 6. The van der Waals surface area contributed by atoms with Gasteiger partial charge in [0.15, 0.2) is 0 Å². The van der Waals surface area contributed by atoms with Crippen LogP contribution in [0.25, 0.3) is 10.2 Å². The summed E-state index contributed by atoms with van der Waals surface area (Å²) in [7, 11) is 1.65. The zero-order valence-corrected chi connectivity index (χ0v) is 14.3. The van der Waals surface area contributed by atoms with E-state index in [1.54, 1.807) is 29.5 Å². The standard InChI is InChI=1S/C15H12N6OS2/c1-22-11-4-2-10(3-5-11)8-21-15(18-19-20-21)24-14-12-6-7-23-13(12)16-9-17-14/h2-7,9H,8H2,1H3. The molecule has 9 heteroatoms. The summed E-state index contributed by atoms with van der Waals surface area (Å²) in [6, 6.07) is 9.85. The van der Waals surface area contributed by atoms with Gasteiger partial charge in [0, 0.05) is 5.39 Å². The molecule has 3 aromatic heterocycles. The molecular weight excluding hydrogens is 344 g/mol. The molecule has 0 aliphatic rings. The molecule has 7 nitrogen and oxygen atoms in total. The molecule has 4 rings (SSSR count). The Kier molecular flexibility index (Phi) is 4.09. The predicted molar refractivity (Wildman–Crippen MR) is 91.5 cm³/mol. The fourth-order valence-corrected chi connectivity index (χ4v) is 3.84. The van der Waals surface area contributed by atoms with E-state index in [0.29, 0.717) is 11.7 Å². The van der Waals surface area contributed by atoms with Crippen molar-refractivity contribution in [3.05, 3.63) is 47.6 Å². The molecule has 0 radical (unpaired) electrons. The zero-order chi connectivity index (χ0) is 16.4. The number of hydrogen-bond acceptors (Lipinski definition) is 8. The lowest BCUT2D eigenvalue weighted by Crippen LogP contribution is -2.04. The van der Waals surface area contributed by atoms with Gasteiger partial charge >= 0.3 is 0 Å². The zero-order valence-electron chi connectivity index (χ0n) is 12.7. The van der Waals surface area contributed by atoms with E-state index in [4.69, 9.17) is 4.74 Å². The highest BCUT2D eigenvalue weighted by molar-refractivity contribution is 7.99. The van der Waals surface area contributed by atoms with Crippen LogP contribution in [0.4, 0.5) is 0 Å². The van der Waals surface area contributed by atoms with Crippen LogP contribution >= 0.6 is 23.1 Å². The van der Waals surface area contributed by atoms with Gasteiger partial charge in [-0.25, -0.2) is 14.6 Å². The van der Waals surface area contributed by atoms with E-state index in [1.165, 1.54) is 11.8 Å². The first-order valence-electron chi connectivity index (χ1n) is 7.08. The van der Waals surface area contributed by atoms with E-state index in [1.807, 2.05) is 35.7 Å². The Morgan fingerprint density at radius 2 is 2.04 bits per heavy atom. The second-order valence-electron chi connectivity index (χ2n) is 4.89. The van der Waals surface area contributed by atoms with Gasteiger partial charge in [-0.05, 0) is 51.3 Å². The molecule has 0 saturated carbocycles. The van der Waals surface area contributed by atoms with E-state index in [0.717, 1.165) is 26.6 Å². The number of thiophene rings is 1. The number of benzene rings is 1. The molecule has 0 spiro atoms.